The normalized spacial score (nSPS) is 13.2. The number of benzene rings is 1. The van der Waals surface area contributed by atoms with Crippen molar-refractivity contribution in [2.45, 2.75) is 53.2 Å². The third-order valence-corrected chi connectivity index (χ3v) is 4.20. The number of nitrogens with one attached hydrogen (secondary N) is 1. The van der Waals surface area contributed by atoms with Gasteiger partial charge in [-0.05, 0) is 30.7 Å². The number of hydrogen-bond donors (Lipinski definition) is 2. The Morgan fingerprint density at radius 1 is 1.04 bits per heavy atom. The minimum atomic E-state index is -0.508. The SMILES string of the molecule is CC(C)CC[NH+](CCC(C)C)C[C@@H](O)COCc1ccccc1F. The van der Waals surface area contributed by atoms with Crippen LogP contribution in [-0.4, -0.2) is 37.5 Å². The van der Waals surface area contributed by atoms with Crippen molar-refractivity contribution >= 4 is 0 Å². The molecule has 0 aliphatic carbocycles. The average Bonchev–Trinajstić information content (AvgIpc) is 2.51. The fourth-order valence-electron chi connectivity index (χ4n) is 2.63. The molecule has 1 rings (SSSR count). The molecule has 0 saturated heterocycles. The minimum absolute atomic E-state index is 0.205. The molecule has 1 atom stereocenters. The summed E-state index contributed by atoms with van der Waals surface area (Å²) < 4.78 is 19.0. The first-order valence-corrected chi connectivity index (χ1v) is 9.21. The van der Waals surface area contributed by atoms with E-state index < -0.39 is 6.10 Å². The van der Waals surface area contributed by atoms with Gasteiger partial charge in [0.1, 0.15) is 18.5 Å². The van der Waals surface area contributed by atoms with Gasteiger partial charge in [0, 0.05) is 5.56 Å². The smallest absolute Gasteiger partial charge is 0.128 e. The standard InChI is InChI=1S/C20H34FNO2/c1-16(2)9-11-22(12-10-17(3)4)13-19(23)15-24-14-18-7-5-6-8-20(18)21/h5-8,16-17,19,23H,9-15H2,1-4H3/p+1/t19-/m1/s1. The number of aliphatic hydroxyl groups excluding tert-OH is 1. The molecule has 2 N–H and O–H groups in total. The fourth-order valence-corrected chi connectivity index (χ4v) is 2.63. The Morgan fingerprint density at radius 3 is 2.17 bits per heavy atom. The number of halogens is 1. The zero-order chi connectivity index (χ0) is 17.9. The Balaban J connectivity index is 2.36. The van der Waals surface area contributed by atoms with E-state index in [1.54, 1.807) is 18.2 Å². The van der Waals surface area contributed by atoms with Gasteiger partial charge in [-0.25, -0.2) is 4.39 Å². The maximum atomic E-state index is 13.5. The highest BCUT2D eigenvalue weighted by atomic mass is 19.1. The van der Waals surface area contributed by atoms with E-state index in [0.717, 1.165) is 25.9 Å². The van der Waals surface area contributed by atoms with Crippen LogP contribution >= 0.6 is 0 Å². The highest BCUT2D eigenvalue weighted by Gasteiger charge is 2.16. The predicted molar refractivity (Wildman–Crippen MR) is 96.5 cm³/mol. The lowest BCUT2D eigenvalue weighted by Crippen LogP contribution is -3.13. The Bertz CT molecular complexity index is 439. The molecule has 0 spiro atoms. The third-order valence-electron chi connectivity index (χ3n) is 4.20. The van der Waals surface area contributed by atoms with Crippen molar-refractivity contribution < 1.29 is 19.1 Å². The van der Waals surface area contributed by atoms with Crippen LogP contribution in [0.25, 0.3) is 0 Å². The summed E-state index contributed by atoms with van der Waals surface area (Å²) in [5.74, 6) is 1.09. The molecule has 1 aromatic carbocycles. The van der Waals surface area contributed by atoms with Crippen molar-refractivity contribution in [2.75, 3.05) is 26.2 Å². The van der Waals surface area contributed by atoms with Crippen LogP contribution in [0.2, 0.25) is 0 Å². The molecule has 4 heteroatoms. The molecule has 3 nitrogen and oxygen atoms in total. The molecule has 0 unspecified atom stereocenters. The lowest BCUT2D eigenvalue weighted by molar-refractivity contribution is -0.904. The van der Waals surface area contributed by atoms with Crippen molar-refractivity contribution in [3.63, 3.8) is 0 Å². The number of quaternary nitrogens is 1. The lowest BCUT2D eigenvalue weighted by atomic mass is 10.1. The van der Waals surface area contributed by atoms with Gasteiger partial charge >= 0.3 is 0 Å². The molecule has 0 aliphatic heterocycles. The van der Waals surface area contributed by atoms with Gasteiger partial charge in [-0.2, -0.15) is 0 Å². The molecule has 0 radical (unpaired) electrons. The first kappa shape index (κ1) is 21.1. The monoisotopic (exact) mass is 340 g/mol. The van der Waals surface area contributed by atoms with Crippen LogP contribution in [0.1, 0.15) is 46.1 Å². The topological polar surface area (TPSA) is 33.9 Å². The van der Waals surface area contributed by atoms with E-state index in [-0.39, 0.29) is 19.0 Å². The lowest BCUT2D eigenvalue weighted by Gasteiger charge is -2.24. The molecule has 24 heavy (non-hydrogen) atoms. The molecule has 0 amide bonds. The number of ether oxygens (including phenoxy) is 1. The highest BCUT2D eigenvalue weighted by molar-refractivity contribution is 5.16. The summed E-state index contributed by atoms with van der Waals surface area (Å²) in [4.78, 5) is 1.43. The zero-order valence-electron chi connectivity index (χ0n) is 15.7. The zero-order valence-corrected chi connectivity index (χ0v) is 15.7. The number of rotatable bonds is 12. The molecular weight excluding hydrogens is 305 g/mol. The summed E-state index contributed by atoms with van der Waals surface area (Å²) in [7, 11) is 0. The fraction of sp³-hybridized carbons (Fsp3) is 0.700. The Labute approximate surface area is 146 Å². The van der Waals surface area contributed by atoms with Crippen LogP contribution in [0.5, 0.6) is 0 Å². The van der Waals surface area contributed by atoms with Crippen LogP contribution in [0, 0.1) is 17.7 Å². The van der Waals surface area contributed by atoms with Crippen LogP contribution in [0.15, 0.2) is 24.3 Å². The first-order valence-electron chi connectivity index (χ1n) is 9.21. The van der Waals surface area contributed by atoms with Crippen molar-refractivity contribution in [1.29, 1.82) is 0 Å². The molecule has 1 aromatic rings. The van der Waals surface area contributed by atoms with Crippen LogP contribution in [0.4, 0.5) is 4.39 Å². The van der Waals surface area contributed by atoms with Crippen molar-refractivity contribution in [3.05, 3.63) is 35.6 Å². The Morgan fingerprint density at radius 2 is 1.62 bits per heavy atom. The maximum absolute atomic E-state index is 13.5. The second kappa shape index (κ2) is 11.6. The highest BCUT2D eigenvalue weighted by Crippen LogP contribution is 2.07. The van der Waals surface area contributed by atoms with Crippen molar-refractivity contribution in [3.8, 4) is 0 Å². The van der Waals surface area contributed by atoms with Gasteiger partial charge in [0.15, 0.2) is 0 Å². The van der Waals surface area contributed by atoms with E-state index in [1.807, 2.05) is 0 Å². The molecule has 0 aliphatic rings. The summed E-state index contributed by atoms with van der Waals surface area (Å²) in [6.45, 7) is 12.2. The summed E-state index contributed by atoms with van der Waals surface area (Å²) in [6.07, 6.45) is 1.82. The number of aliphatic hydroxyl groups is 1. The second-order valence-electron chi connectivity index (χ2n) is 7.58. The summed E-state index contributed by atoms with van der Waals surface area (Å²) >= 11 is 0. The molecule has 0 aromatic heterocycles. The van der Waals surface area contributed by atoms with Gasteiger partial charge in [-0.15, -0.1) is 0 Å². The summed E-state index contributed by atoms with van der Waals surface area (Å²) in [5.41, 5.74) is 0.536. The van der Waals surface area contributed by atoms with Gasteiger partial charge in [0.25, 0.3) is 0 Å². The van der Waals surface area contributed by atoms with Gasteiger partial charge in [-0.1, -0.05) is 45.9 Å². The molecule has 138 valence electrons. The van der Waals surface area contributed by atoms with E-state index in [9.17, 15) is 9.50 Å². The average molecular weight is 341 g/mol. The predicted octanol–water partition coefficient (Wildman–Crippen LogP) is 2.68. The van der Waals surface area contributed by atoms with E-state index in [1.165, 1.54) is 11.0 Å². The van der Waals surface area contributed by atoms with Gasteiger partial charge < -0.3 is 14.7 Å². The van der Waals surface area contributed by atoms with Crippen LogP contribution < -0.4 is 4.90 Å². The number of hydrogen-bond acceptors (Lipinski definition) is 2. The third kappa shape index (κ3) is 9.36. The van der Waals surface area contributed by atoms with Gasteiger partial charge in [-0.3, -0.25) is 0 Å². The van der Waals surface area contributed by atoms with E-state index in [2.05, 4.69) is 27.7 Å². The molecule has 0 bridgehead atoms. The van der Waals surface area contributed by atoms with Crippen molar-refractivity contribution in [2.24, 2.45) is 11.8 Å². The van der Waals surface area contributed by atoms with Crippen LogP contribution in [-0.2, 0) is 11.3 Å². The van der Waals surface area contributed by atoms with Crippen molar-refractivity contribution in [1.82, 2.24) is 0 Å². The molecular formula is C20H35FNO2+. The van der Waals surface area contributed by atoms with Gasteiger partial charge in [0.05, 0.1) is 26.3 Å². The summed E-state index contributed by atoms with van der Waals surface area (Å²) in [6, 6.07) is 6.60. The van der Waals surface area contributed by atoms with E-state index in [0.29, 0.717) is 23.9 Å². The first-order chi connectivity index (χ1) is 11.4. The minimum Gasteiger partial charge on any atom is -0.385 e. The molecule has 0 saturated carbocycles. The molecule has 0 fully saturated rings. The van der Waals surface area contributed by atoms with Crippen LogP contribution in [0.3, 0.4) is 0 Å². The second-order valence-corrected chi connectivity index (χ2v) is 7.58. The van der Waals surface area contributed by atoms with E-state index in [4.69, 9.17) is 4.74 Å². The Kier molecular flexibility index (Phi) is 10.2. The largest absolute Gasteiger partial charge is 0.385 e. The van der Waals surface area contributed by atoms with Gasteiger partial charge in [0.2, 0.25) is 0 Å². The summed E-state index contributed by atoms with van der Waals surface area (Å²) in [5, 5.41) is 10.3. The maximum Gasteiger partial charge on any atom is 0.128 e. The Hall–Kier alpha value is -0.970. The van der Waals surface area contributed by atoms with E-state index >= 15 is 0 Å². The molecule has 0 heterocycles. The quantitative estimate of drug-likeness (QED) is 0.613.